The first kappa shape index (κ1) is 15.1. The van der Waals surface area contributed by atoms with Crippen molar-refractivity contribution in [3.63, 3.8) is 0 Å². The molecule has 1 N–H and O–H groups in total. The summed E-state index contributed by atoms with van der Waals surface area (Å²) in [5.74, 6) is -1.55. The van der Waals surface area contributed by atoms with Gasteiger partial charge >= 0.3 is 5.97 Å². The van der Waals surface area contributed by atoms with E-state index in [1.54, 1.807) is 17.9 Å². The third-order valence-corrected chi connectivity index (χ3v) is 4.67. The lowest BCUT2D eigenvalue weighted by molar-refractivity contribution is -0.141. The van der Waals surface area contributed by atoms with Crippen molar-refractivity contribution in [3.05, 3.63) is 18.0 Å². The molecule has 0 aliphatic heterocycles. The van der Waals surface area contributed by atoms with Crippen LogP contribution in [0.1, 0.15) is 62.0 Å². The normalized spacial score (nSPS) is 20.0. The minimum absolute atomic E-state index is 0.132. The highest BCUT2D eigenvalue weighted by atomic mass is 16.4. The Morgan fingerprint density at radius 2 is 2.05 bits per heavy atom. The Labute approximate surface area is 130 Å². The fraction of sp³-hybridized carbons (Fsp3) is 0.688. The number of nitrogens with zero attached hydrogens (tertiary/aromatic N) is 3. The van der Waals surface area contributed by atoms with Gasteiger partial charge in [0.15, 0.2) is 0 Å². The van der Waals surface area contributed by atoms with Gasteiger partial charge in [-0.2, -0.15) is 5.10 Å². The van der Waals surface area contributed by atoms with Crippen molar-refractivity contribution in [2.45, 2.75) is 57.5 Å². The molecule has 1 heterocycles. The van der Waals surface area contributed by atoms with Crippen LogP contribution >= 0.6 is 0 Å². The van der Waals surface area contributed by atoms with Crippen LogP contribution in [-0.2, 0) is 4.79 Å². The number of amides is 1. The van der Waals surface area contributed by atoms with Crippen molar-refractivity contribution in [1.82, 2.24) is 14.7 Å². The highest BCUT2D eigenvalue weighted by Gasteiger charge is 2.36. The molecular weight excluding hydrogens is 282 g/mol. The van der Waals surface area contributed by atoms with E-state index < -0.39 is 11.9 Å². The zero-order valence-corrected chi connectivity index (χ0v) is 12.9. The highest BCUT2D eigenvalue weighted by molar-refractivity contribution is 5.93. The zero-order chi connectivity index (χ0) is 15.7. The molecular formula is C16H23N3O3. The highest BCUT2D eigenvalue weighted by Crippen LogP contribution is 2.31. The van der Waals surface area contributed by atoms with Gasteiger partial charge in [-0.05, 0) is 31.7 Å². The van der Waals surface area contributed by atoms with E-state index in [-0.39, 0.29) is 18.5 Å². The monoisotopic (exact) mass is 305 g/mol. The molecule has 120 valence electrons. The third-order valence-electron chi connectivity index (χ3n) is 4.67. The molecule has 1 atom stereocenters. The van der Waals surface area contributed by atoms with Gasteiger partial charge in [-0.1, -0.05) is 19.8 Å². The Kier molecular flexibility index (Phi) is 4.18. The second kappa shape index (κ2) is 6.10. The maximum absolute atomic E-state index is 12.7. The van der Waals surface area contributed by atoms with Gasteiger partial charge in [-0.3, -0.25) is 14.3 Å². The molecule has 1 aromatic heterocycles. The number of carboxylic acids is 1. The number of carboxylic acid groups (broad SMARTS) is 1. The molecule has 0 radical (unpaired) electrons. The fourth-order valence-corrected chi connectivity index (χ4v) is 3.13. The molecule has 1 aromatic rings. The molecule has 2 fully saturated rings. The van der Waals surface area contributed by atoms with Crippen molar-refractivity contribution in [3.8, 4) is 0 Å². The average molecular weight is 305 g/mol. The van der Waals surface area contributed by atoms with Gasteiger partial charge in [0.2, 0.25) is 0 Å². The number of aliphatic carboxylic acids is 1. The van der Waals surface area contributed by atoms with Crippen LogP contribution in [0, 0.1) is 5.92 Å². The number of rotatable bonds is 6. The Morgan fingerprint density at radius 1 is 1.36 bits per heavy atom. The predicted octanol–water partition coefficient (Wildman–Crippen LogP) is 2.32. The van der Waals surface area contributed by atoms with E-state index in [1.165, 1.54) is 12.8 Å². The number of carbonyl (C=O) groups excluding carboxylic acids is 1. The van der Waals surface area contributed by atoms with Crippen LogP contribution in [-0.4, -0.2) is 44.3 Å². The average Bonchev–Trinajstić information content (AvgIpc) is 3.01. The summed E-state index contributed by atoms with van der Waals surface area (Å²) in [6, 6.07) is 2.36. The summed E-state index contributed by atoms with van der Waals surface area (Å²) < 4.78 is 1.91. The molecule has 2 saturated carbocycles. The smallest absolute Gasteiger partial charge is 0.308 e. The van der Waals surface area contributed by atoms with E-state index in [9.17, 15) is 9.59 Å². The standard InChI is InChI=1S/C16H23N3O3/c1-11(16(21)22)10-18(12-6-7-12)15(20)14-8-9-19(17-14)13-4-2-3-5-13/h8-9,11-13H,2-7,10H2,1H3,(H,21,22)/t11-/m0/s1. The molecule has 1 amide bonds. The Bertz CT molecular complexity index is 559. The van der Waals surface area contributed by atoms with Crippen LogP contribution in [0.2, 0.25) is 0 Å². The van der Waals surface area contributed by atoms with Gasteiger partial charge in [-0.15, -0.1) is 0 Å². The molecule has 0 saturated heterocycles. The van der Waals surface area contributed by atoms with Gasteiger partial charge in [0.25, 0.3) is 5.91 Å². The minimum Gasteiger partial charge on any atom is -0.481 e. The van der Waals surface area contributed by atoms with Gasteiger partial charge in [0.05, 0.1) is 12.0 Å². The van der Waals surface area contributed by atoms with Crippen LogP contribution < -0.4 is 0 Å². The van der Waals surface area contributed by atoms with Gasteiger partial charge in [0.1, 0.15) is 5.69 Å². The van der Waals surface area contributed by atoms with Gasteiger partial charge in [-0.25, -0.2) is 0 Å². The van der Waals surface area contributed by atoms with Gasteiger partial charge in [0, 0.05) is 18.8 Å². The summed E-state index contributed by atoms with van der Waals surface area (Å²) in [5.41, 5.74) is 0.441. The van der Waals surface area contributed by atoms with Crippen molar-refractivity contribution in [2.75, 3.05) is 6.54 Å². The fourth-order valence-electron chi connectivity index (χ4n) is 3.13. The molecule has 6 heteroatoms. The Balaban J connectivity index is 1.71. The summed E-state index contributed by atoms with van der Waals surface area (Å²) in [5, 5.41) is 13.5. The molecule has 2 aliphatic rings. The SMILES string of the molecule is C[C@@H](CN(C(=O)c1ccn(C2CCCC2)n1)C1CC1)C(=O)O. The summed E-state index contributed by atoms with van der Waals surface area (Å²) >= 11 is 0. The zero-order valence-electron chi connectivity index (χ0n) is 12.9. The van der Waals surface area contributed by atoms with E-state index in [4.69, 9.17) is 5.11 Å². The van der Waals surface area contributed by atoms with E-state index in [0.717, 1.165) is 25.7 Å². The molecule has 0 bridgehead atoms. The molecule has 22 heavy (non-hydrogen) atoms. The van der Waals surface area contributed by atoms with Crippen LogP contribution in [0.3, 0.4) is 0 Å². The first-order valence-corrected chi connectivity index (χ1v) is 8.15. The lowest BCUT2D eigenvalue weighted by Crippen LogP contribution is -2.38. The topological polar surface area (TPSA) is 75.4 Å². The quantitative estimate of drug-likeness (QED) is 0.875. The summed E-state index contributed by atoms with van der Waals surface area (Å²) in [4.78, 5) is 25.4. The number of hydrogen-bond acceptors (Lipinski definition) is 3. The number of carbonyl (C=O) groups is 2. The summed E-state index contributed by atoms with van der Waals surface area (Å²) in [7, 11) is 0. The molecule has 0 spiro atoms. The van der Waals surface area contributed by atoms with Crippen LogP contribution in [0.25, 0.3) is 0 Å². The maximum atomic E-state index is 12.7. The van der Waals surface area contributed by atoms with Crippen LogP contribution in [0.15, 0.2) is 12.3 Å². The van der Waals surface area contributed by atoms with E-state index in [0.29, 0.717) is 11.7 Å². The molecule has 0 unspecified atom stereocenters. The molecule has 3 rings (SSSR count). The largest absolute Gasteiger partial charge is 0.481 e. The predicted molar refractivity (Wildman–Crippen MR) is 80.6 cm³/mol. The Hall–Kier alpha value is -1.85. The van der Waals surface area contributed by atoms with Crippen LogP contribution in [0.5, 0.6) is 0 Å². The number of aromatic nitrogens is 2. The summed E-state index contributed by atoms with van der Waals surface area (Å²) in [6.07, 6.45) is 8.49. The first-order valence-electron chi connectivity index (χ1n) is 8.15. The lowest BCUT2D eigenvalue weighted by Gasteiger charge is -2.23. The molecule has 2 aliphatic carbocycles. The van der Waals surface area contributed by atoms with Crippen molar-refractivity contribution < 1.29 is 14.7 Å². The van der Waals surface area contributed by atoms with Crippen molar-refractivity contribution in [2.24, 2.45) is 5.92 Å². The van der Waals surface area contributed by atoms with Crippen molar-refractivity contribution in [1.29, 1.82) is 0 Å². The van der Waals surface area contributed by atoms with E-state index in [1.807, 2.05) is 10.9 Å². The molecule has 6 nitrogen and oxygen atoms in total. The maximum Gasteiger partial charge on any atom is 0.308 e. The first-order chi connectivity index (χ1) is 10.6. The third kappa shape index (κ3) is 3.15. The second-order valence-electron chi connectivity index (χ2n) is 6.55. The minimum atomic E-state index is -0.866. The van der Waals surface area contributed by atoms with E-state index in [2.05, 4.69) is 5.10 Å². The lowest BCUT2D eigenvalue weighted by atomic mass is 10.1. The second-order valence-corrected chi connectivity index (χ2v) is 6.55. The van der Waals surface area contributed by atoms with Gasteiger partial charge < -0.3 is 10.0 Å². The van der Waals surface area contributed by atoms with Crippen molar-refractivity contribution >= 4 is 11.9 Å². The summed E-state index contributed by atoms with van der Waals surface area (Å²) in [6.45, 7) is 1.90. The number of hydrogen-bond donors (Lipinski definition) is 1. The van der Waals surface area contributed by atoms with E-state index >= 15 is 0 Å². The molecule has 0 aromatic carbocycles. The van der Waals surface area contributed by atoms with Crippen LogP contribution in [0.4, 0.5) is 0 Å². The Morgan fingerprint density at radius 3 is 2.64 bits per heavy atom.